The van der Waals surface area contributed by atoms with Crippen LogP contribution in [0.1, 0.15) is 22.6 Å². The second kappa shape index (κ2) is 13.2. The molecule has 0 spiro atoms. The van der Waals surface area contributed by atoms with Gasteiger partial charge in [0.15, 0.2) is 0 Å². The van der Waals surface area contributed by atoms with Crippen molar-refractivity contribution in [1.82, 2.24) is 14.7 Å². The molecule has 2 amide bonds. The zero-order valence-corrected chi connectivity index (χ0v) is 20.8. The number of ether oxygens (including phenoxy) is 1. The molecule has 2 aromatic heterocycles. The molecule has 186 valence electrons. The highest BCUT2D eigenvalue weighted by molar-refractivity contribution is 7.10. The topological polar surface area (TPSA) is 66.2 Å². The van der Waals surface area contributed by atoms with Crippen molar-refractivity contribution >= 4 is 23.2 Å². The zero-order chi connectivity index (χ0) is 24.3. The van der Waals surface area contributed by atoms with Crippen molar-refractivity contribution in [1.29, 1.82) is 0 Å². The normalized spacial score (nSPS) is 14.1. The van der Waals surface area contributed by atoms with Crippen molar-refractivity contribution in [2.24, 2.45) is 0 Å². The predicted octanol–water partition coefficient (Wildman–Crippen LogP) is 3.66. The van der Waals surface area contributed by atoms with Gasteiger partial charge in [-0.15, -0.1) is 11.3 Å². The van der Waals surface area contributed by atoms with Gasteiger partial charge in [0.2, 0.25) is 11.8 Å². The monoisotopic (exact) mass is 495 g/mol. The number of hydrogen-bond acceptors (Lipinski definition) is 6. The maximum atomic E-state index is 13.5. The van der Waals surface area contributed by atoms with Gasteiger partial charge in [0, 0.05) is 37.6 Å². The van der Waals surface area contributed by atoms with E-state index < -0.39 is 0 Å². The average molecular weight is 496 g/mol. The molecule has 1 fully saturated rings. The summed E-state index contributed by atoms with van der Waals surface area (Å²) < 4.78 is 10.9. The number of carbonyl (C=O) groups excluding carboxylic acids is 2. The van der Waals surface area contributed by atoms with Crippen LogP contribution in [0.2, 0.25) is 0 Å². The van der Waals surface area contributed by atoms with E-state index in [9.17, 15) is 9.59 Å². The highest BCUT2D eigenvalue weighted by Gasteiger charge is 2.23. The Balaban J connectivity index is 1.43. The standard InChI is InChI=1S/C27H33N3O4S/c31-26(19-25-10-5-18-35-25)29(12-6-11-28-13-16-33-17-14-28)22-27(32)30(21-24-9-4-15-34-24)20-23-7-2-1-3-8-23/h1-5,7-10,15,18H,6,11-14,16-17,19-22H2. The van der Waals surface area contributed by atoms with Gasteiger partial charge >= 0.3 is 0 Å². The molecule has 7 nitrogen and oxygen atoms in total. The number of carbonyl (C=O) groups is 2. The van der Waals surface area contributed by atoms with E-state index >= 15 is 0 Å². The fourth-order valence-corrected chi connectivity index (χ4v) is 4.86. The van der Waals surface area contributed by atoms with Gasteiger partial charge < -0.3 is 19.0 Å². The molecule has 0 unspecified atom stereocenters. The Kier molecular flexibility index (Phi) is 9.51. The van der Waals surface area contributed by atoms with Gasteiger partial charge in [0.25, 0.3) is 0 Å². The number of benzene rings is 1. The molecule has 0 radical (unpaired) electrons. The van der Waals surface area contributed by atoms with E-state index in [0.717, 1.165) is 55.5 Å². The summed E-state index contributed by atoms with van der Waals surface area (Å²) in [5.74, 6) is 0.620. The average Bonchev–Trinajstić information content (AvgIpc) is 3.59. The van der Waals surface area contributed by atoms with Crippen LogP contribution in [-0.2, 0) is 33.8 Å². The second-order valence-corrected chi connectivity index (χ2v) is 9.73. The van der Waals surface area contributed by atoms with Gasteiger partial charge in [0.1, 0.15) is 5.76 Å². The Morgan fingerprint density at radius 2 is 1.74 bits per heavy atom. The third-order valence-corrected chi connectivity index (χ3v) is 6.96. The van der Waals surface area contributed by atoms with Gasteiger partial charge in [-0.25, -0.2) is 0 Å². The number of nitrogens with zero attached hydrogens (tertiary/aromatic N) is 3. The highest BCUT2D eigenvalue weighted by Crippen LogP contribution is 2.14. The SMILES string of the molecule is O=C(Cc1cccs1)N(CCCN1CCOCC1)CC(=O)N(Cc1ccccc1)Cc1ccco1. The van der Waals surface area contributed by atoms with E-state index in [2.05, 4.69) is 4.90 Å². The molecule has 0 N–H and O–H groups in total. The summed E-state index contributed by atoms with van der Waals surface area (Å²) in [6.45, 7) is 5.64. The molecule has 1 aromatic carbocycles. The summed E-state index contributed by atoms with van der Waals surface area (Å²) in [5.41, 5.74) is 1.04. The van der Waals surface area contributed by atoms with E-state index in [4.69, 9.17) is 9.15 Å². The van der Waals surface area contributed by atoms with Crippen molar-refractivity contribution in [2.75, 3.05) is 45.9 Å². The van der Waals surface area contributed by atoms with Crippen LogP contribution in [0.15, 0.2) is 70.7 Å². The first-order valence-electron chi connectivity index (χ1n) is 12.1. The minimum Gasteiger partial charge on any atom is -0.467 e. The summed E-state index contributed by atoms with van der Waals surface area (Å²) in [5, 5.41) is 1.97. The van der Waals surface area contributed by atoms with Crippen molar-refractivity contribution < 1.29 is 18.7 Å². The molecule has 0 bridgehead atoms. The molecule has 4 rings (SSSR count). The Morgan fingerprint density at radius 3 is 2.46 bits per heavy atom. The highest BCUT2D eigenvalue weighted by atomic mass is 32.1. The van der Waals surface area contributed by atoms with Crippen LogP contribution in [-0.4, -0.2) is 72.5 Å². The molecule has 1 saturated heterocycles. The maximum absolute atomic E-state index is 13.5. The molecular formula is C27H33N3O4S. The molecule has 8 heteroatoms. The second-order valence-electron chi connectivity index (χ2n) is 8.69. The van der Waals surface area contributed by atoms with Crippen molar-refractivity contribution in [3.05, 3.63) is 82.4 Å². The van der Waals surface area contributed by atoms with Crippen LogP contribution in [0.25, 0.3) is 0 Å². The molecule has 1 aliphatic heterocycles. The molecule has 0 aliphatic carbocycles. The van der Waals surface area contributed by atoms with Crippen LogP contribution < -0.4 is 0 Å². The number of amides is 2. The summed E-state index contributed by atoms with van der Waals surface area (Å²) in [6.07, 6.45) is 2.75. The molecule has 3 heterocycles. The molecule has 0 atom stereocenters. The molecule has 35 heavy (non-hydrogen) atoms. The van der Waals surface area contributed by atoms with Gasteiger partial charge in [-0.3, -0.25) is 14.5 Å². The number of thiophene rings is 1. The number of hydrogen-bond donors (Lipinski definition) is 0. The van der Waals surface area contributed by atoms with Gasteiger partial charge in [0.05, 0.1) is 39.0 Å². The Labute approximate surface area is 210 Å². The Bertz CT molecular complexity index is 1020. The first kappa shape index (κ1) is 25.2. The molecule has 1 aliphatic rings. The first-order chi connectivity index (χ1) is 17.2. The van der Waals surface area contributed by atoms with Crippen LogP contribution in [0.4, 0.5) is 0 Å². The largest absolute Gasteiger partial charge is 0.467 e. The summed E-state index contributed by atoms with van der Waals surface area (Å²) in [6, 6.07) is 17.5. The van der Waals surface area contributed by atoms with Crippen LogP contribution in [0.3, 0.4) is 0 Å². The third-order valence-electron chi connectivity index (χ3n) is 6.09. The van der Waals surface area contributed by atoms with Gasteiger partial charge in [-0.1, -0.05) is 36.4 Å². The van der Waals surface area contributed by atoms with E-state index in [0.29, 0.717) is 26.1 Å². The molecular weight excluding hydrogens is 462 g/mol. The van der Waals surface area contributed by atoms with Crippen LogP contribution >= 0.6 is 11.3 Å². The summed E-state index contributed by atoms with van der Waals surface area (Å²) >= 11 is 1.57. The van der Waals surface area contributed by atoms with E-state index in [1.807, 2.05) is 60.0 Å². The molecule has 3 aromatic rings. The first-order valence-corrected chi connectivity index (χ1v) is 13.0. The fraction of sp³-hybridized carbons (Fsp3) is 0.407. The van der Waals surface area contributed by atoms with Crippen molar-refractivity contribution in [3.8, 4) is 0 Å². The van der Waals surface area contributed by atoms with Crippen LogP contribution in [0.5, 0.6) is 0 Å². The lowest BCUT2D eigenvalue weighted by atomic mass is 10.2. The summed E-state index contributed by atoms with van der Waals surface area (Å²) in [7, 11) is 0. The summed E-state index contributed by atoms with van der Waals surface area (Å²) in [4.78, 5) is 33.6. The lowest BCUT2D eigenvalue weighted by molar-refractivity contribution is -0.141. The Hall–Kier alpha value is -2.94. The minimum atomic E-state index is -0.0869. The lowest BCUT2D eigenvalue weighted by Gasteiger charge is -2.29. The van der Waals surface area contributed by atoms with E-state index in [1.54, 1.807) is 27.4 Å². The number of morpholine rings is 1. The lowest BCUT2D eigenvalue weighted by Crippen LogP contribution is -2.44. The Morgan fingerprint density at radius 1 is 0.914 bits per heavy atom. The smallest absolute Gasteiger partial charge is 0.242 e. The van der Waals surface area contributed by atoms with Crippen LogP contribution in [0, 0.1) is 0 Å². The van der Waals surface area contributed by atoms with Crippen molar-refractivity contribution in [2.45, 2.75) is 25.9 Å². The number of rotatable bonds is 12. The maximum Gasteiger partial charge on any atom is 0.242 e. The zero-order valence-electron chi connectivity index (χ0n) is 20.0. The predicted molar refractivity (Wildman–Crippen MR) is 136 cm³/mol. The van der Waals surface area contributed by atoms with E-state index in [1.165, 1.54) is 0 Å². The fourth-order valence-electron chi connectivity index (χ4n) is 4.17. The number of furan rings is 1. The quantitative estimate of drug-likeness (QED) is 0.384. The van der Waals surface area contributed by atoms with E-state index in [-0.39, 0.29) is 18.4 Å². The van der Waals surface area contributed by atoms with Gasteiger partial charge in [-0.2, -0.15) is 0 Å². The van der Waals surface area contributed by atoms with Crippen molar-refractivity contribution in [3.63, 3.8) is 0 Å². The molecule has 0 saturated carbocycles. The third kappa shape index (κ3) is 8.06. The minimum absolute atomic E-state index is 0.0135. The van der Waals surface area contributed by atoms with Gasteiger partial charge in [-0.05, 0) is 35.6 Å².